The van der Waals surface area contributed by atoms with Crippen LogP contribution < -0.4 is 0 Å². The van der Waals surface area contributed by atoms with Gasteiger partial charge in [-0.2, -0.15) is 0 Å². The summed E-state index contributed by atoms with van der Waals surface area (Å²) >= 11 is 0. The van der Waals surface area contributed by atoms with E-state index in [0.29, 0.717) is 23.5 Å². The van der Waals surface area contributed by atoms with E-state index in [1.165, 1.54) is 24.8 Å². The molecule has 0 atom stereocenters. The van der Waals surface area contributed by atoms with Crippen molar-refractivity contribution in [1.29, 1.82) is 0 Å². The fourth-order valence-electron chi connectivity index (χ4n) is 6.04. The summed E-state index contributed by atoms with van der Waals surface area (Å²) in [6, 6.07) is 26.6. The summed E-state index contributed by atoms with van der Waals surface area (Å²) in [5, 5.41) is 20.4. The van der Waals surface area contributed by atoms with Crippen molar-refractivity contribution >= 4 is 11.9 Å². The molecule has 0 aromatic heterocycles. The van der Waals surface area contributed by atoms with Crippen LogP contribution in [0.2, 0.25) is 0 Å². The predicted octanol–water partition coefficient (Wildman–Crippen LogP) is 8.69. The van der Waals surface area contributed by atoms with Gasteiger partial charge in [-0.25, -0.2) is 9.59 Å². The smallest absolute Gasteiger partial charge is 0.336 e. The molecular formula is C34H32O4. The Hall–Kier alpha value is -4.18. The maximum absolute atomic E-state index is 12.5. The van der Waals surface area contributed by atoms with Crippen molar-refractivity contribution in [1.82, 2.24) is 0 Å². The maximum Gasteiger partial charge on any atom is 0.336 e. The Balaban J connectivity index is 2.00. The lowest BCUT2D eigenvalue weighted by Gasteiger charge is -2.30. The lowest BCUT2D eigenvalue weighted by atomic mass is 9.74. The Morgan fingerprint density at radius 1 is 0.684 bits per heavy atom. The molecule has 1 fully saturated rings. The van der Waals surface area contributed by atoms with Crippen LogP contribution in [0.3, 0.4) is 0 Å². The highest BCUT2D eigenvalue weighted by molar-refractivity contribution is 6.07. The van der Waals surface area contributed by atoms with Gasteiger partial charge in [-0.05, 0) is 81.8 Å². The summed E-state index contributed by atoms with van der Waals surface area (Å²) in [5.41, 5.74) is 7.55. The largest absolute Gasteiger partial charge is 0.478 e. The zero-order chi connectivity index (χ0) is 26.6. The molecule has 38 heavy (non-hydrogen) atoms. The summed E-state index contributed by atoms with van der Waals surface area (Å²) in [7, 11) is 0. The zero-order valence-corrected chi connectivity index (χ0v) is 21.6. The number of aromatic carboxylic acids is 2. The first-order chi connectivity index (χ1) is 18.5. The molecule has 2 N–H and O–H groups in total. The van der Waals surface area contributed by atoms with E-state index in [0.717, 1.165) is 40.7 Å². The lowest BCUT2D eigenvalue weighted by molar-refractivity contribution is 0.0686. The lowest BCUT2D eigenvalue weighted by Crippen LogP contribution is -2.11. The molecule has 1 aliphatic carbocycles. The van der Waals surface area contributed by atoms with Gasteiger partial charge in [0.2, 0.25) is 0 Å². The molecule has 0 bridgehead atoms. The van der Waals surface area contributed by atoms with Gasteiger partial charge >= 0.3 is 11.9 Å². The molecule has 4 aromatic carbocycles. The quantitative estimate of drug-likeness (QED) is 0.264. The van der Waals surface area contributed by atoms with Crippen molar-refractivity contribution in [2.75, 3.05) is 0 Å². The van der Waals surface area contributed by atoms with Crippen molar-refractivity contribution in [3.05, 3.63) is 107 Å². The SMILES string of the molecule is CCc1cc(C2CCCCC2)c(-c2ccccc2)c(-c2ccccc2C(=O)O)c1-c1ccccc1C(=O)O. The summed E-state index contributed by atoms with van der Waals surface area (Å²) in [5.74, 6) is -1.64. The third kappa shape index (κ3) is 4.74. The van der Waals surface area contributed by atoms with E-state index < -0.39 is 11.9 Å². The molecule has 4 nitrogen and oxygen atoms in total. The molecule has 5 rings (SSSR count). The van der Waals surface area contributed by atoms with Crippen LogP contribution in [0, 0.1) is 0 Å². The number of hydrogen-bond acceptors (Lipinski definition) is 2. The first kappa shape index (κ1) is 25.5. The van der Waals surface area contributed by atoms with E-state index >= 15 is 0 Å². The van der Waals surface area contributed by atoms with Crippen LogP contribution in [-0.4, -0.2) is 22.2 Å². The van der Waals surface area contributed by atoms with Crippen molar-refractivity contribution < 1.29 is 19.8 Å². The average molecular weight is 505 g/mol. The van der Waals surface area contributed by atoms with Crippen LogP contribution in [0.4, 0.5) is 0 Å². The molecule has 1 saturated carbocycles. The minimum absolute atomic E-state index is 0.209. The number of carboxylic acids is 2. The van der Waals surface area contributed by atoms with Gasteiger partial charge in [0.1, 0.15) is 0 Å². The summed E-state index contributed by atoms with van der Waals surface area (Å²) in [4.78, 5) is 24.9. The van der Waals surface area contributed by atoms with E-state index in [4.69, 9.17) is 0 Å². The number of carboxylic acid groups (broad SMARTS) is 2. The molecular weight excluding hydrogens is 472 g/mol. The van der Waals surface area contributed by atoms with Crippen LogP contribution in [0.1, 0.15) is 76.8 Å². The fraction of sp³-hybridized carbons (Fsp3) is 0.235. The highest BCUT2D eigenvalue weighted by Crippen LogP contribution is 2.50. The molecule has 4 heteroatoms. The van der Waals surface area contributed by atoms with Crippen LogP contribution >= 0.6 is 0 Å². The summed E-state index contributed by atoms with van der Waals surface area (Å²) in [6.45, 7) is 2.09. The molecule has 0 radical (unpaired) electrons. The standard InChI is InChI=1S/C34H32O4/c1-2-22-21-29(23-13-5-3-6-14-23)31(24-15-7-4-8-16-24)32(26-18-10-12-20-28(26)34(37)38)30(22)25-17-9-11-19-27(25)33(35)36/h4,7-12,15-21,23H,2-3,5-6,13-14H2,1H3,(H,35,36)(H,37,38). The number of aryl methyl sites for hydroxylation is 1. The number of hydrogen-bond donors (Lipinski definition) is 2. The van der Waals surface area contributed by atoms with Gasteiger partial charge in [0.25, 0.3) is 0 Å². The Labute approximate surface area is 223 Å². The van der Waals surface area contributed by atoms with Crippen LogP contribution in [-0.2, 0) is 6.42 Å². The van der Waals surface area contributed by atoms with E-state index in [2.05, 4.69) is 25.1 Å². The topological polar surface area (TPSA) is 74.6 Å². The number of carbonyl (C=O) groups is 2. The average Bonchev–Trinajstić information content (AvgIpc) is 2.96. The second-order valence-corrected chi connectivity index (χ2v) is 10.0. The Bertz CT molecular complexity index is 1480. The van der Waals surface area contributed by atoms with E-state index in [1.54, 1.807) is 24.3 Å². The van der Waals surface area contributed by atoms with Crippen molar-refractivity contribution in [2.24, 2.45) is 0 Å². The highest BCUT2D eigenvalue weighted by atomic mass is 16.4. The van der Waals surface area contributed by atoms with E-state index in [9.17, 15) is 19.8 Å². The first-order valence-electron chi connectivity index (χ1n) is 13.4. The molecule has 0 amide bonds. The summed E-state index contributed by atoms with van der Waals surface area (Å²) in [6.07, 6.45) is 6.45. The molecule has 4 aromatic rings. The van der Waals surface area contributed by atoms with Gasteiger partial charge in [-0.3, -0.25) is 0 Å². The Morgan fingerprint density at radius 3 is 1.76 bits per heavy atom. The normalized spacial score (nSPS) is 13.8. The van der Waals surface area contributed by atoms with Gasteiger partial charge in [0, 0.05) is 0 Å². The van der Waals surface area contributed by atoms with Gasteiger partial charge in [0.05, 0.1) is 11.1 Å². The Morgan fingerprint density at radius 2 is 1.21 bits per heavy atom. The highest BCUT2D eigenvalue weighted by Gasteiger charge is 2.29. The van der Waals surface area contributed by atoms with E-state index in [1.807, 2.05) is 42.5 Å². The number of rotatable bonds is 7. The third-order valence-electron chi connectivity index (χ3n) is 7.78. The summed E-state index contributed by atoms with van der Waals surface area (Å²) < 4.78 is 0. The molecule has 0 aliphatic heterocycles. The second-order valence-electron chi connectivity index (χ2n) is 10.0. The second kappa shape index (κ2) is 11.1. The van der Waals surface area contributed by atoms with Gasteiger partial charge in [0.15, 0.2) is 0 Å². The molecule has 192 valence electrons. The first-order valence-corrected chi connectivity index (χ1v) is 13.4. The number of benzene rings is 4. The molecule has 0 spiro atoms. The molecule has 1 aliphatic rings. The van der Waals surface area contributed by atoms with Crippen LogP contribution in [0.15, 0.2) is 84.9 Å². The van der Waals surface area contributed by atoms with Gasteiger partial charge in [-0.15, -0.1) is 0 Å². The minimum Gasteiger partial charge on any atom is -0.478 e. The van der Waals surface area contributed by atoms with Crippen LogP contribution in [0.25, 0.3) is 33.4 Å². The monoisotopic (exact) mass is 504 g/mol. The van der Waals surface area contributed by atoms with Gasteiger partial charge < -0.3 is 10.2 Å². The van der Waals surface area contributed by atoms with Gasteiger partial charge in [-0.1, -0.05) is 99.0 Å². The molecule has 0 unspecified atom stereocenters. The van der Waals surface area contributed by atoms with Crippen molar-refractivity contribution in [3.63, 3.8) is 0 Å². The fourth-order valence-corrected chi connectivity index (χ4v) is 6.04. The predicted molar refractivity (Wildman–Crippen MR) is 152 cm³/mol. The minimum atomic E-state index is -1.00. The van der Waals surface area contributed by atoms with Crippen LogP contribution in [0.5, 0.6) is 0 Å². The maximum atomic E-state index is 12.5. The molecule has 0 heterocycles. The molecule has 0 saturated heterocycles. The van der Waals surface area contributed by atoms with Crippen molar-refractivity contribution in [3.8, 4) is 33.4 Å². The third-order valence-corrected chi connectivity index (χ3v) is 7.78. The Kier molecular flexibility index (Phi) is 7.41. The van der Waals surface area contributed by atoms with E-state index in [-0.39, 0.29) is 11.1 Å². The van der Waals surface area contributed by atoms with Crippen molar-refractivity contribution in [2.45, 2.75) is 51.4 Å². The zero-order valence-electron chi connectivity index (χ0n) is 21.6.